The van der Waals surface area contributed by atoms with Gasteiger partial charge in [0.05, 0.1) is 16.2 Å². The minimum absolute atomic E-state index is 0.0924. The van der Waals surface area contributed by atoms with E-state index in [9.17, 15) is 14.9 Å². The van der Waals surface area contributed by atoms with Crippen molar-refractivity contribution in [2.45, 2.75) is 6.92 Å². The van der Waals surface area contributed by atoms with Gasteiger partial charge in [0, 0.05) is 29.6 Å². The Balaban J connectivity index is 1.83. The van der Waals surface area contributed by atoms with Crippen molar-refractivity contribution in [2.75, 3.05) is 5.32 Å². The lowest BCUT2D eigenvalue weighted by Gasteiger charge is -2.08. The zero-order chi connectivity index (χ0) is 17.8. The van der Waals surface area contributed by atoms with E-state index in [1.807, 2.05) is 30.3 Å². The zero-order valence-corrected chi connectivity index (χ0v) is 13.3. The molecule has 2 aromatic carbocycles. The maximum Gasteiger partial charge on any atom is 0.271 e. The van der Waals surface area contributed by atoms with Crippen LogP contribution in [0.5, 0.6) is 0 Å². The molecule has 1 aromatic heterocycles. The van der Waals surface area contributed by atoms with Crippen LogP contribution in [0.4, 0.5) is 11.4 Å². The third-order valence-corrected chi connectivity index (χ3v) is 3.57. The summed E-state index contributed by atoms with van der Waals surface area (Å²) < 4.78 is 0. The molecule has 0 saturated heterocycles. The van der Waals surface area contributed by atoms with Gasteiger partial charge in [-0.25, -0.2) is 9.97 Å². The lowest BCUT2D eigenvalue weighted by Crippen LogP contribution is -2.15. The van der Waals surface area contributed by atoms with Crippen molar-refractivity contribution in [3.8, 4) is 11.4 Å². The summed E-state index contributed by atoms with van der Waals surface area (Å²) in [6.07, 6.45) is 1.46. The van der Waals surface area contributed by atoms with Gasteiger partial charge < -0.3 is 5.32 Å². The fourth-order valence-corrected chi connectivity index (χ4v) is 2.31. The molecule has 1 heterocycles. The highest BCUT2D eigenvalue weighted by Gasteiger charge is 2.14. The predicted molar refractivity (Wildman–Crippen MR) is 93.3 cm³/mol. The van der Waals surface area contributed by atoms with Gasteiger partial charge in [-0.1, -0.05) is 36.4 Å². The fraction of sp³-hybridized carbons (Fsp3) is 0.0556. The molecule has 0 radical (unpaired) electrons. The Morgan fingerprint density at radius 1 is 1.12 bits per heavy atom. The maximum absolute atomic E-state index is 12.4. The van der Waals surface area contributed by atoms with Crippen LogP contribution >= 0.6 is 0 Å². The lowest BCUT2D eigenvalue weighted by molar-refractivity contribution is -0.384. The third kappa shape index (κ3) is 3.66. The number of aromatic nitrogens is 2. The normalized spacial score (nSPS) is 10.3. The van der Waals surface area contributed by atoms with Crippen LogP contribution in [0.15, 0.2) is 60.8 Å². The second kappa shape index (κ2) is 6.88. The molecule has 1 amide bonds. The van der Waals surface area contributed by atoms with Gasteiger partial charge >= 0.3 is 0 Å². The third-order valence-electron chi connectivity index (χ3n) is 3.57. The summed E-state index contributed by atoms with van der Waals surface area (Å²) in [6.45, 7) is 1.72. The molecule has 0 atom stereocenters. The standard InChI is InChI=1S/C18H14N4O3/c1-12-16(11-19-17(20-12)13-6-3-2-4-7-13)18(23)21-14-8-5-9-15(10-14)22(24)25/h2-11H,1H3,(H,21,23). The number of hydrogen-bond donors (Lipinski definition) is 1. The summed E-state index contributed by atoms with van der Waals surface area (Å²) in [5.41, 5.74) is 1.94. The lowest BCUT2D eigenvalue weighted by atomic mass is 10.1. The zero-order valence-electron chi connectivity index (χ0n) is 13.3. The van der Waals surface area contributed by atoms with Gasteiger partial charge in [0.25, 0.3) is 11.6 Å². The molecule has 1 N–H and O–H groups in total. The van der Waals surface area contributed by atoms with Crippen LogP contribution in [-0.4, -0.2) is 20.8 Å². The molecule has 124 valence electrons. The van der Waals surface area contributed by atoms with Crippen LogP contribution in [-0.2, 0) is 0 Å². The molecule has 3 rings (SSSR count). The molecule has 0 fully saturated rings. The van der Waals surface area contributed by atoms with Gasteiger partial charge in [-0.3, -0.25) is 14.9 Å². The first-order chi connectivity index (χ1) is 12.0. The first kappa shape index (κ1) is 16.3. The van der Waals surface area contributed by atoms with Crippen LogP contribution in [0.2, 0.25) is 0 Å². The molecule has 0 spiro atoms. The quantitative estimate of drug-likeness (QED) is 0.580. The molecule has 0 unspecified atom stereocenters. The number of aryl methyl sites for hydroxylation is 1. The highest BCUT2D eigenvalue weighted by atomic mass is 16.6. The van der Waals surface area contributed by atoms with E-state index in [0.717, 1.165) is 5.56 Å². The van der Waals surface area contributed by atoms with E-state index in [4.69, 9.17) is 0 Å². The Bertz CT molecular complexity index is 942. The molecule has 25 heavy (non-hydrogen) atoms. The van der Waals surface area contributed by atoms with Crippen molar-refractivity contribution in [2.24, 2.45) is 0 Å². The van der Waals surface area contributed by atoms with Crippen molar-refractivity contribution in [3.63, 3.8) is 0 Å². The summed E-state index contributed by atoms with van der Waals surface area (Å²) in [5.74, 6) is 0.114. The van der Waals surface area contributed by atoms with E-state index in [-0.39, 0.29) is 5.69 Å². The van der Waals surface area contributed by atoms with E-state index < -0.39 is 10.8 Å². The number of hydrogen-bond acceptors (Lipinski definition) is 5. The molecule has 7 nitrogen and oxygen atoms in total. The number of carbonyl (C=O) groups excluding carboxylic acids is 1. The van der Waals surface area contributed by atoms with Crippen LogP contribution in [0.3, 0.4) is 0 Å². The van der Waals surface area contributed by atoms with Crippen molar-refractivity contribution in [3.05, 3.63) is 82.2 Å². The number of rotatable bonds is 4. The summed E-state index contributed by atoms with van der Waals surface area (Å²) in [7, 11) is 0. The highest BCUT2D eigenvalue weighted by molar-refractivity contribution is 6.05. The molecular weight excluding hydrogens is 320 g/mol. The Kier molecular flexibility index (Phi) is 4.47. The Labute approximate surface area is 143 Å². The Morgan fingerprint density at radius 3 is 2.56 bits per heavy atom. The molecule has 7 heteroatoms. The van der Waals surface area contributed by atoms with Gasteiger partial charge in [0.1, 0.15) is 0 Å². The summed E-state index contributed by atoms with van der Waals surface area (Å²) in [5, 5.41) is 13.4. The smallest absolute Gasteiger partial charge is 0.271 e. The molecule has 0 aliphatic rings. The van der Waals surface area contributed by atoms with Crippen LogP contribution < -0.4 is 5.32 Å². The molecular formula is C18H14N4O3. The summed E-state index contributed by atoms with van der Waals surface area (Å²) in [4.78, 5) is 31.3. The minimum Gasteiger partial charge on any atom is -0.322 e. The first-order valence-electron chi connectivity index (χ1n) is 7.49. The number of nitrogens with one attached hydrogen (secondary N) is 1. The number of anilines is 1. The SMILES string of the molecule is Cc1nc(-c2ccccc2)ncc1C(=O)Nc1cccc([N+](=O)[O-])c1. The van der Waals surface area contributed by atoms with Crippen molar-refractivity contribution < 1.29 is 9.72 Å². The number of carbonyl (C=O) groups is 1. The number of amides is 1. The average Bonchev–Trinajstić information content (AvgIpc) is 2.62. The summed E-state index contributed by atoms with van der Waals surface area (Å²) in [6, 6.07) is 15.2. The number of non-ortho nitro benzene ring substituents is 1. The van der Waals surface area contributed by atoms with Gasteiger partial charge in [-0.15, -0.1) is 0 Å². The molecule has 0 aliphatic heterocycles. The second-order valence-corrected chi connectivity index (χ2v) is 5.32. The first-order valence-corrected chi connectivity index (χ1v) is 7.49. The van der Waals surface area contributed by atoms with Crippen molar-refractivity contribution in [1.29, 1.82) is 0 Å². The van der Waals surface area contributed by atoms with Crippen LogP contribution in [0.1, 0.15) is 16.1 Å². The van der Waals surface area contributed by atoms with E-state index in [2.05, 4.69) is 15.3 Å². The fourth-order valence-electron chi connectivity index (χ4n) is 2.31. The highest BCUT2D eigenvalue weighted by Crippen LogP contribution is 2.19. The van der Waals surface area contributed by atoms with E-state index in [0.29, 0.717) is 22.8 Å². The topological polar surface area (TPSA) is 98.0 Å². The number of nitrogens with zero attached hydrogens (tertiary/aromatic N) is 3. The van der Waals surface area contributed by atoms with Crippen molar-refractivity contribution in [1.82, 2.24) is 9.97 Å². The monoisotopic (exact) mass is 334 g/mol. The summed E-state index contributed by atoms with van der Waals surface area (Å²) >= 11 is 0. The van der Waals surface area contributed by atoms with E-state index >= 15 is 0 Å². The average molecular weight is 334 g/mol. The van der Waals surface area contributed by atoms with Gasteiger partial charge in [0.15, 0.2) is 5.82 Å². The van der Waals surface area contributed by atoms with E-state index in [1.54, 1.807) is 13.0 Å². The van der Waals surface area contributed by atoms with Crippen LogP contribution in [0.25, 0.3) is 11.4 Å². The molecule has 0 aliphatic carbocycles. The van der Waals surface area contributed by atoms with E-state index in [1.165, 1.54) is 24.4 Å². The number of nitro groups is 1. The second-order valence-electron chi connectivity index (χ2n) is 5.32. The predicted octanol–water partition coefficient (Wildman–Crippen LogP) is 3.61. The molecule has 3 aromatic rings. The van der Waals surface area contributed by atoms with Crippen molar-refractivity contribution >= 4 is 17.3 Å². The molecule has 0 saturated carbocycles. The number of benzene rings is 2. The Hall–Kier alpha value is -3.61. The van der Waals surface area contributed by atoms with Gasteiger partial charge in [-0.05, 0) is 13.0 Å². The largest absolute Gasteiger partial charge is 0.322 e. The van der Waals surface area contributed by atoms with Gasteiger partial charge in [0.2, 0.25) is 0 Å². The maximum atomic E-state index is 12.4. The minimum atomic E-state index is -0.515. The van der Waals surface area contributed by atoms with Crippen LogP contribution in [0, 0.1) is 17.0 Å². The van der Waals surface area contributed by atoms with Gasteiger partial charge in [-0.2, -0.15) is 0 Å². The Morgan fingerprint density at radius 2 is 1.88 bits per heavy atom. The number of nitro benzene ring substituents is 1. The molecule has 0 bridgehead atoms.